The predicted octanol–water partition coefficient (Wildman–Crippen LogP) is 1.36. The van der Waals surface area contributed by atoms with Crippen LogP contribution >= 0.6 is 0 Å². The average molecular weight is 853 g/mol. The first kappa shape index (κ1) is 42.3. The Balaban J connectivity index is 1.99. The summed E-state index contributed by atoms with van der Waals surface area (Å²) in [6, 6.07) is 6.29. The van der Waals surface area contributed by atoms with Gasteiger partial charge in [0.15, 0.2) is 19.7 Å². The van der Waals surface area contributed by atoms with E-state index >= 15 is 0 Å². The highest BCUT2D eigenvalue weighted by molar-refractivity contribution is 7.92. The molecule has 30 heteroatoms. The zero-order valence-electron chi connectivity index (χ0n) is 25.3. The second kappa shape index (κ2) is 15.5. The number of rotatable bonds is 16. The third-order valence-electron chi connectivity index (χ3n) is 6.01. The molecular formula is C22H24N6O18S6. The molecule has 3 rings (SSSR count). The van der Waals surface area contributed by atoms with Crippen molar-refractivity contribution in [2.24, 2.45) is 20.5 Å². The van der Waals surface area contributed by atoms with Gasteiger partial charge in [-0.25, -0.2) is 25.2 Å². The summed E-state index contributed by atoms with van der Waals surface area (Å²) in [7, 11) is -29.2. The Morgan fingerprint density at radius 1 is 0.481 bits per heavy atom. The van der Waals surface area contributed by atoms with E-state index in [9.17, 15) is 59.6 Å². The number of nitrogens with zero attached hydrogens (tertiary/aromatic N) is 4. The minimum Gasteiger partial charge on any atom is -0.397 e. The fourth-order valence-corrected chi connectivity index (χ4v) is 8.16. The van der Waals surface area contributed by atoms with Gasteiger partial charge in [0.05, 0.1) is 45.9 Å². The molecule has 3 aromatic rings. The van der Waals surface area contributed by atoms with Crippen LogP contribution in [0.1, 0.15) is 0 Å². The fraction of sp³-hybridized carbons (Fsp3) is 0.182. The largest absolute Gasteiger partial charge is 0.397 e. The average Bonchev–Trinajstić information content (AvgIpc) is 2.97. The zero-order chi connectivity index (χ0) is 39.5. The van der Waals surface area contributed by atoms with Crippen molar-refractivity contribution in [2.45, 2.75) is 19.6 Å². The highest BCUT2D eigenvalue weighted by atomic mass is 32.3. The molecule has 8 N–H and O–H groups in total. The summed E-state index contributed by atoms with van der Waals surface area (Å²) in [4.78, 5) is -3.60. The van der Waals surface area contributed by atoms with Gasteiger partial charge in [-0.1, -0.05) is 0 Å². The molecule has 0 heterocycles. The Labute approximate surface area is 295 Å². The molecule has 3 aromatic carbocycles. The molecule has 0 radical (unpaired) electrons. The SMILES string of the molecule is Nc1cc(N)c(N=Nc2ccc(S(=O)(=O)CCOS(=O)(=O)O)cc2S(=O)(=O)O)cc1N=Nc1ccc(S(=O)(=O)CCOS(=O)(=O)O)cc1S(=O)(=O)O. The molecule has 0 aliphatic heterocycles. The van der Waals surface area contributed by atoms with E-state index in [0.29, 0.717) is 12.1 Å². The van der Waals surface area contributed by atoms with Gasteiger partial charge in [0.25, 0.3) is 20.2 Å². The topological polar surface area (TPSA) is 406 Å². The lowest BCUT2D eigenvalue weighted by atomic mass is 10.2. The van der Waals surface area contributed by atoms with Crippen LogP contribution < -0.4 is 11.5 Å². The molecule has 0 fully saturated rings. The number of anilines is 2. The van der Waals surface area contributed by atoms with Crippen molar-refractivity contribution >= 4 is 94.8 Å². The predicted molar refractivity (Wildman–Crippen MR) is 175 cm³/mol. The molecule has 0 amide bonds. The van der Waals surface area contributed by atoms with Crippen LogP contribution in [0.3, 0.4) is 0 Å². The molecule has 0 unspecified atom stereocenters. The number of nitrogen functional groups attached to an aromatic ring is 2. The number of sulfone groups is 2. The Kier molecular flexibility index (Phi) is 12.6. The summed E-state index contributed by atoms with van der Waals surface area (Å²) in [5, 5.41) is 14.8. The van der Waals surface area contributed by atoms with Crippen LogP contribution in [-0.2, 0) is 69.1 Å². The summed E-state index contributed by atoms with van der Waals surface area (Å²) in [6.45, 7) is -2.08. The summed E-state index contributed by atoms with van der Waals surface area (Å²) >= 11 is 0. The van der Waals surface area contributed by atoms with E-state index in [1.165, 1.54) is 0 Å². The number of hydrogen-bond acceptors (Lipinski definition) is 20. The smallest absolute Gasteiger partial charge is 0.397 e. The van der Waals surface area contributed by atoms with Gasteiger partial charge in [-0.15, -0.1) is 20.5 Å². The molecule has 0 aliphatic rings. The van der Waals surface area contributed by atoms with Gasteiger partial charge in [-0.3, -0.25) is 18.2 Å². The molecule has 0 atom stereocenters. The fourth-order valence-electron chi connectivity index (χ4n) is 3.69. The quantitative estimate of drug-likeness (QED) is 0.0673. The Morgan fingerprint density at radius 2 is 0.808 bits per heavy atom. The Bertz CT molecular complexity index is 2450. The monoisotopic (exact) mass is 852 g/mol. The van der Waals surface area contributed by atoms with Crippen LogP contribution in [0, 0.1) is 0 Å². The maximum atomic E-state index is 12.5. The van der Waals surface area contributed by atoms with Crippen molar-refractivity contribution in [1.82, 2.24) is 0 Å². The molecule has 0 aromatic heterocycles. The summed E-state index contributed by atoms with van der Waals surface area (Å²) in [5.41, 5.74) is 9.50. The van der Waals surface area contributed by atoms with Crippen LogP contribution in [0.4, 0.5) is 34.1 Å². The van der Waals surface area contributed by atoms with Gasteiger partial charge in [0.1, 0.15) is 32.5 Å². The van der Waals surface area contributed by atoms with Crippen molar-refractivity contribution < 1.29 is 77.1 Å². The van der Waals surface area contributed by atoms with Gasteiger partial charge < -0.3 is 11.5 Å². The Morgan fingerprint density at radius 3 is 1.12 bits per heavy atom. The van der Waals surface area contributed by atoms with Gasteiger partial charge in [0.2, 0.25) is 0 Å². The van der Waals surface area contributed by atoms with E-state index in [2.05, 4.69) is 28.8 Å². The highest BCUT2D eigenvalue weighted by Crippen LogP contribution is 2.37. The second-order valence-electron chi connectivity index (χ2n) is 9.72. The lowest BCUT2D eigenvalue weighted by Crippen LogP contribution is -2.16. The lowest BCUT2D eigenvalue weighted by Gasteiger charge is -2.09. The molecule has 52 heavy (non-hydrogen) atoms. The maximum absolute atomic E-state index is 12.5. The Hall–Kier alpha value is -4.08. The van der Waals surface area contributed by atoms with Crippen LogP contribution in [0.25, 0.3) is 0 Å². The summed E-state index contributed by atoms with van der Waals surface area (Å²) in [5.74, 6) is -2.08. The first-order chi connectivity index (χ1) is 23.6. The standard InChI is InChI=1S/C22H24N6O18S6/c23-15-11-16(24)20(28-26-18-4-2-14(10-22(18)50(36,37)38)48(31,32)8-6-46-52(42,43)44)12-19(15)27-25-17-3-1-13(9-21(17)49(33,34)35)47(29,30)7-5-45-51(39,40)41/h1-4,9-12H,5-8,23-24H2,(H,33,34,35)(H,36,37,38)(H,39,40,41)(H,42,43,44). The van der Waals surface area contributed by atoms with Crippen LogP contribution in [0.2, 0.25) is 0 Å². The van der Waals surface area contributed by atoms with E-state index in [1.54, 1.807) is 0 Å². The van der Waals surface area contributed by atoms with Crippen molar-refractivity contribution in [1.29, 1.82) is 0 Å². The zero-order valence-corrected chi connectivity index (χ0v) is 30.2. The number of hydrogen-bond donors (Lipinski definition) is 6. The summed E-state index contributed by atoms with van der Waals surface area (Å²) < 4.78 is 186. The molecule has 0 aliphatic carbocycles. The van der Waals surface area contributed by atoms with Gasteiger partial charge in [0, 0.05) is 0 Å². The van der Waals surface area contributed by atoms with Crippen molar-refractivity contribution in [3.05, 3.63) is 48.5 Å². The van der Waals surface area contributed by atoms with Gasteiger partial charge in [-0.2, -0.15) is 33.7 Å². The van der Waals surface area contributed by atoms with Crippen LogP contribution in [0.5, 0.6) is 0 Å². The minimum absolute atomic E-state index is 0.210. The van der Waals surface area contributed by atoms with E-state index in [-0.39, 0.29) is 22.7 Å². The van der Waals surface area contributed by atoms with Crippen molar-refractivity contribution in [2.75, 3.05) is 36.2 Å². The number of benzene rings is 3. The van der Waals surface area contributed by atoms with Crippen LogP contribution in [-0.4, -0.2) is 93.4 Å². The first-order valence-corrected chi connectivity index (χ1v) is 22.0. The van der Waals surface area contributed by atoms with Crippen LogP contribution in [0.15, 0.2) is 88.6 Å². The molecule has 0 spiro atoms. The normalized spacial score (nSPS) is 13.6. The number of azo groups is 2. The van der Waals surface area contributed by atoms with E-state index < -0.39 is 116 Å². The molecule has 0 saturated heterocycles. The van der Waals surface area contributed by atoms with Crippen molar-refractivity contribution in [3.8, 4) is 0 Å². The molecule has 0 bridgehead atoms. The van der Waals surface area contributed by atoms with Gasteiger partial charge in [-0.05, 0) is 48.5 Å². The lowest BCUT2D eigenvalue weighted by molar-refractivity contribution is 0.282. The van der Waals surface area contributed by atoms with E-state index in [1.807, 2.05) is 0 Å². The van der Waals surface area contributed by atoms with E-state index in [0.717, 1.165) is 36.4 Å². The summed E-state index contributed by atoms with van der Waals surface area (Å²) in [6.07, 6.45) is 0. The van der Waals surface area contributed by atoms with E-state index in [4.69, 9.17) is 20.6 Å². The highest BCUT2D eigenvalue weighted by Gasteiger charge is 2.25. The molecule has 286 valence electrons. The van der Waals surface area contributed by atoms with Gasteiger partial charge >= 0.3 is 20.8 Å². The maximum Gasteiger partial charge on any atom is 0.397 e. The van der Waals surface area contributed by atoms with Crippen molar-refractivity contribution in [3.63, 3.8) is 0 Å². The number of nitrogens with two attached hydrogens (primary N) is 2. The molecular weight excluding hydrogens is 829 g/mol. The third kappa shape index (κ3) is 12.0. The third-order valence-corrected chi connectivity index (χ3v) is 12.1. The first-order valence-electron chi connectivity index (χ1n) is 13.0. The minimum atomic E-state index is -5.19. The molecule has 0 saturated carbocycles. The second-order valence-corrected chi connectivity index (χ2v) is 18.9. The molecule has 24 nitrogen and oxygen atoms in total.